The summed E-state index contributed by atoms with van der Waals surface area (Å²) < 4.78 is 16.8. The minimum Gasteiger partial charge on any atom is -0.385 e. The second-order valence-corrected chi connectivity index (χ2v) is 3.96. The van der Waals surface area contributed by atoms with Crippen LogP contribution in [-0.2, 0) is 4.74 Å². The van der Waals surface area contributed by atoms with Crippen molar-refractivity contribution in [2.75, 3.05) is 33.5 Å². The topological polar surface area (TPSA) is 21.3 Å². The molecule has 0 unspecified atom stereocenters. The van der Waals surface area contributed by atoms with Gasteiger partial charge in [0.05, 0.1) is 6.67 Å². The van der Waals surface area contributed by atoms with Gasteiger partial charge in [0.25, 0.3) is 0 Å². The van der Waals surface area contributed by atoms with Gasteiger partial charge in [-0.1, -0.05) is 0 Å². The molecule has 0 radical (unpaired) electrons. The second-order valence-electron chi connectivity index (χ2n) is 3.96. The highest BCUT2D eigenvalue weighted by Crippen LogP contribution is 2.48. The largest absolute Gasteiger partial charge is 0.385 e. The van der Waals surface area contributed by atoms with Crippen molar-refractivity contribution < 1.29 is 9.13 Å². The van der Waals surface area contributed by atoms with Crippen LogP contribution in [0.1, 0.15) is 25.7 Å². The summed E-state index contributed by atoms with van der Waals surface area (Å²) in [5.41, 5.74) is 0.492. The molecule has 1 aliphatic rings. The molecule has 1 rings (SSSR count). The van der Waals surface area contributed by atoms with Crippen LogP contribution in [0.3, 0.4) is 0 Å². The Bertz CT molecular complexity index is 137. The van der Waals surface area contributed by atoms with Gasteiger partial charge in [-0.25, -0.2) is 0 Å². The van der Waals surface area contributed by atoms with E-state index in [-0.39, 0.29) is 6.67 Å². The molecular weight excluding hydrogens is 169 g/mol. The van der Waals surface area contributed by atoms with Gasteiger partial charge >= 0.3 is 0 Å². The lowest BCUT2D eigenvalue weighted by Gasteiger charge is -2.14. The first kappa shape index (κ1) is 10.9. The lowest BCUT2D eigenvalue weighted by molar-refractivity contribution is 0.171. The van der Waals surface area contributed by atoms with E-state index < -0.39 is 0 Å². The van der Waals surface area contributed by atoms with E-state index in [9.17, 15) is 4.39 Å². The molecule has 0 saturated heterocycles. The number of ether oxygens (including phenoxy) is 1. The average molecular weight is 189 g/mol. The summed E-state index contributed by atoms with van der Waals surface area (Å²) in [6.45, 7) is 2.49. The molecule has 0 aliphatic heterocycles. The SMILES string of the molecule is COCCC1(CNCCCF)CC1. The number of halogens is 1. The van der Waals surface area contributed by atoms with E-state index in [1.807, 2.05) is 0 Å². The summed E-state index contributed by atoms with van der Waals surface area (Å²) >= 11 is 0. The third kappa shape index (κ3) is 4.05. The van der Waals surface area contributed by atoms with Gasteiger partial charge in [0.2, 0.25) is 0 Å². The second kappa shape index (κ2) is 5.55. The van der Waals surface area contributed by atoms with Gasteiger partial charge in [-0.3, -0.25) is 4.39 Å². The van der Waals surface area contributed by atoms with Crippen LogP contribution in [0.4, 0.5) is 4.39 Å². The maximum absolute atomic E-state index is 11.8. The number of nitrogens with one attached hydrogen (secondary N) is 1. The molecule has 13 heavy (non-hydrogen) atoms. The number of alkyl halides is 1. The normalized spacial score (nSPS) is 18.9. The van der Waals surface area contributed by atoms with Crippen LogP contribution in [0.15, 0.2) is 0 Å². The molecule has 1 saturated carbocycles. The highest BCUT2D eigenvalue weighted by atomic mass is 19.1. The third-order valence-corrected chi connectivity index (χ3v) is 2.78. The summed E-state index contributed by atoms with van der Waals surface area (Å²) in [6.07, 6.45) is 4.39. The molecule has 1 fully saturated rings. The fraction of sp³-hybridized carbons (Fsp3) is 1.00. The highest BCUT2D eigenvalue weighted by molar-refractivity contribution is 4.94. The van der Waals surface area contributed by atoms with E-state index in [0.717, 1.165) is 26.1 Å². The lowest BCUT2D eigenvalue weighted by atomic mass is 10.0. The zero-order valence-corrected chi connectivity index (χ0v) is 8.44. The summed E-state index contributed by atoms with van der Waals surface area (Å²) in [7, 11) is 1.74. The molecule has 0 atom stereocenters. The molecule has 0 amide bonds. The van der Waals surface area contributed by atoms with Crippen molar-refractivity contribution in [2.24, 2.45) is 5.41 Å². The van der Waals surface area contributed by atoms with Crippen molar-refractivity contribution in [2.45, 2.75) is 25.7 Å². The zero-order valence-electron chi connectivity index (χ0n) is 8.44. The van der Waals surface area contributed by atoms with E-state index in [2.05, 4.69) is 5.32 Å². The van der Waals surface area contributed by atoms with Crippen LogP contribution >= 0.6 is 0 Å². The van der Waals surface area contributed by atoms with Crippen molar-refractivity contribution in [3.05, 3.63) is 0 Å². The molecular formula is C10H20FNO. The van der Waals surface area contributed by atoms with Gasteiger partial charge in [0, 0.05) is 20.3 Å². The molecule has 0 aromatic carbocycles. The molecule has 1 aliphatic carbocycles. The molecule has 0 heterocycles. The van der Waals surface area contributed by atoms with Crippen molar-refractivity contribution in [3.63, 3.8) is 0 Å². The van der Waals surface area contributed by atoms with Gasteiger partial charge in [0.15, 0.2) is 0 Å². The van der Waals surface area contributed by atoms with Gasteiger partial charge in [-0.2, -0.15) is 0 Å². The molecule has 0 aromatic heterocycles. The van der Waals surface area contributed by atoms with Crippen molar-refractivity contribution in [1.29, 1.82) is 0 Å². The van der Waals surface area contributed by atoms with Gasteiger partial charge in [0.1, 0.15) is 0 Å². The summed E-state index contributed by atoms with van der Waals surface area (Å²) in [5, 5.41) is 3.30. The summed E-state index contributed by atoms with van der Waals surface area (Å²) in [5.74, 6) is 0. The van der Waals surface area contributed by atoms with Crippen LogP contribution < -0.4 is 5.32 Å². The monoisotopic (exact) mass is 189 g/mol. The fourth-order valence-electron chi connectivity index (χ4n) is 1.56. The maximum Gasteiger partial charge on any atom is 0.0906 e. The highest BCUT2D eigenvalue weighted by Gasteiger charge is 2.41. The van der Waals surface area contributed by atoms with Crippen LogP contribution in [0.5, 0.6) is 0 Å². The molecule has 0 aromatic rings. The summed E-state index contributed by atoms with van der Waals surface area (Å²) in [4.78, 5) is 0. The Balaban J connectivity index is 1.99. The molecule has 1 N–H and O–H groups in total. The predicted molar refractivity (Wildman–Crippen MR) is 51.6 cm³/mol. The molecule has 0 spiro atoms. The van der Waals surface area contributed by atoms with Crippen LogP contribution in [0.25, 0.3) is 0 Å². The smallest absolute Gasteiger partial charge is 0.0906 e. The van der Waals surface area contributed by atoms with E-state index in [1.54, 1.807) is 7.11 Å². The van der Waals surface area contributed by atoms with Crippen molar-refractivity contribution in [3.8, 4) is 0 Å². The first-order valence-corrected chi connectivity index (χ1v) is 5.09. The van der Waals surface area contributed by atoms with Gasteiger partial charge < -0.3 is 10.1 Å². The van der Waals surface area contributed by atoms with Crippen LogP contribution in [0.2, 0.25) is 0 Å². The lowest BCUT2D eigenvalue weighted by Crippen LogP contribution is -2.26. The third-order valence-electron chi connectivity index (χ3n) is 2.78. The minimum atomic E-state index is -0.210. The number of rotatable bonds is 8. The van der Waals surface area contributed by atoms with E-state index >= 15 is 0 Å². The number of methoxy groups -OCH3 is 1. The fourth-order valence-corrected chi connectivity index (χ4v) is 1.56. The van der Waals surface area contributed by atoms with E-state index in [1.165, 1.54) is 12.8 Å². The van der Waals surface area contributed by atoms with Crippen LogP contribution in [0, 0.1) is 5.41 Å². The van der Waals surface area contributed by atoms with Gasteiger partial charge in [-0.15, -0.1) is 0 Å². The molecule has 3 heteroatoms. The van der Waals surface area contributed by atoms with Crippen LogP contribution in [-0.4, -0.2) is 33.5 Å². The zero-order chi connectivity index (χ0) is 9.57. The first-order valence-electron chi connectivity index (χ1n) is 5.09. The predicted octanol–water partition coefficient (Wildman–Crippen LogP) is 1.75. The Morgan fingerprint density at radius 1 is 1.46 bits per heavy atom. The Morgan fingerprint density at radius 2 is 2.23 bits per heavy atom. The minimum absolute atomic E-state index is 0.210. The molecule has 78 valence electrons. The van der Waals surface area contributed by atoms with Crippen molar-refractivity contribution >= 4 is 0 Å². The maximum atomic E-state index is 11.8. The standard InChI is InChI=1S/C10H20FNO/c1-13-8-5-10(3-4-10)9-12-7-2-6-11/h12H,2-9H2,1H3. The van der Waals surface area contributed by atoms with Crippen molar-refractivity contribution in [1.82, 2.24) is 5.32 Å². The molecule has 2 nitrogen and oxygen atoms in total. The Hall–Kier alpha value is -0.150. The quantitative estimate of drug-likeness (QED) is 0.587. The summed E-state index contributed by atoms with van der Waals surface area (Å²) in [6, 6.07) is 0. The Morgan fingerprint density at radius 3 is 2.77 bits per heavy atom. The number of hydrogen-bond acceptors (Lipinski definition) is 2. The van der Waals surface area contributed by atoms with E-state index in [0.29, 0.717) is 11.8 Å². The van der Waals surface area contributed by atoms with E-state index in [4.69, 9.17) is 4.74 Å². The first-order chi connectivity index (χ1) is 6.33. The Kier molecular flexibility index (Phi) is 4.67. The molecule has 0 bridgehead atoms. The number of hydrogen-bond donors (Lipinski definition) is 1. The average Bonchev–Trinajstić information content (AvgIpc) is 2.91. The van der Waals surface area contributed by atoms with Gasteiger partial charge in [-0.05, 0) is 37.6 Å². The Labute approximate surface area is 79.8 Å².